The summed E-state index contributed by atoms with van der Waals surface area (Å²) in [6.45, 7) is 2.74. The van der Waals surface area contributed by atoms with E-state index >= 15 is 0 Å². The van der Waals surface area contributed by atoms with Gasteiger partial charge in [0.1, 0.15) is 10.7 Å². The maximum Gasteiger partial charge on any atom is 0.244 e. The molecule has 1 rings (SSSR count). The minimum Gasteiger partial charge on any atom is -0.370 e. The van der Waals surface area contributed by atoms with Crippen LogP contribution in [-0.2, 0) is 10.0 Å². The molecule has 1 atom stereocenters. The van der Waals surface area contributed by atoms with E-state index < -0.39 is 10.0 Å². The molecule has 1 unspecified atom stereocenters. The van der Waals surface area contributed by atoms with Gasteiger partial charge in [0.05, 0.1) is 0 Å². The highest BCUT2D eigenvalue weighted by molar-refractivity contribution is 7.89. The Hall–Kier alpha value is -1.18. The van der Waals surface area contributed by atoms with Crippen molar-refractivity contribution in [2.24, 2.45) is 5.73 Å². The van der Waals surface area contributed by atoms with Crippen LogP contribution in [0.4, 0.5) is 5.82 Å². The van der Waals surface area contributed by atoms with E-state index in [1.165, 1.54) is 24.6 Å². The van der Waals surface area contributed by atoms with Gasteiger partial charge in [0.25, 0.3) is 0 Å². The van der Waals surface area contributed by atoms with Crippen LogP contribution in [0.3, 0.4) is 0 Å². The first-order valence-electron chi connectivity index (χ1n) is 6.22. The van der Waals surface area contributed by atoms with Crippen molar-refractivity contribution in [1.82, 2.24) is 9.29 Å². The topological polar surface area (TPSA) is 88.3 Å². The number of rotatable bonds is 7. The lowest BCUT2D eigenvalue weighted by atomic mass is 10.2. The summed E-state index contributed by atoms with van der Waals surface area (Å²) in [5, 5.41) is 3.13. The smallest absolute Gasteiger partial charge is 0.244 e. The van der Waals surface area contributed by atoms with Crippen LogP contribution in [0, 0.1) is 0 Å². The van der Waals surface area contributed by atoms with Gasteiger partial charge in [0.2, 0.25) is 10.0 Å². The molecule has 0 saturated carbocycles. The van der Waals surface area contributed by atoms with Gasteiger partial charge in [-0.2, -0.15) is 0 Å². The highest BCUT2D eigenvalue weighted by Gasteiger charge is 2.17. The van der Waals surface area contributed by atoms with E-state index in [-0.39, 0.29) is 10.9 Å². The van der Waals surface area contributed by atoms with Crippen molar-refractivity contribution in [1.29, 1.82) is 0 Å². The third-order valence-corrected chi connectivity index (χ3v) is 4.46. The van der Waals surface area contributed by atoms with Gasteiger partial charge in [-0.25, -0.2) is 17.7 Å². The Balaban J connectivity index is 2.58. The maximum atomic E-state index is 11.8. The maximum absolute atomic E-state index is 11.8. The molecule has 0 aliphatic carbocycles. The van der Waals surface area contributed by atoms with Gasteiger partial charge in [-0.3, -0.25) is 0 Å². The molecular formula is C12H22N4O2S. The van der Waals surface area contributed by atoms with E-state index in [1.807, 2.05) is 6.92 Å². The molecule has 6 nitrogen and oxygen atoms in total. The normalized spacial score (nSPS) is 13.5. The Labute approximate surface area is 115 Å². The van der Waals surface area contributed by atoms with E-state index in [9.17, 15) is 8.42 Å². The molecule has 0 amide bonds. The number of nitrogens with two attached hydrogens (primary N) is 1. The Kier molecular flexibility index (Phi) is 5.71. The molecule has 0 radical (unpaired) electrons. The Morgan fingerprint density at radius 1 is 1.42 bits per heavy atom. The summed E-state index contributed by atoms with van der Waals surface area (Å²) < 4.78 is 24.8. The second-order valence-electron chi connectivity index (χ2n) is 4.71. The zero-order valence-corrected chi connectivity index (χ0v) is 12.4. The van der Waals surface area contributed by atoms with Crippen molar-refractivity contribution in [3.05, 3.63) is 18.3 Å². The number of pyridine rings is 1. The third kappa shape index (κ3) is 4.77. The number of aromatic nitrogens is 1. The highest BCUT2D eigenvalue weighted by Crippen LogP contribution is 2.13. The number of sulfonamides is 1. The van der Waals surface area contributed by atoms with Crippen LogP contribution >= 0.6 is 0 Å². The minimum atomic E-state index is -3.40. The molecule has 0 aliphatic rings. The molecule has 108 valence electrons. The van der Waals surface area contributed by atoms with Crippen LogP contribution in [0.25, 0.3) is 0 Å². The summed E-state index contributed by atoms with van der Waals surface area (Å²) in [4.78, 5) is 4.29. The molecule has 3 N–H and O–H groups in total. The van der Waals surface area contributed by atoms with E-state index in [0.717, 1.165) is 19.4 Å². The molecule has 0 spiro atoms. The molecule has 0 bridgehead atoms. The van der Waals surface area contributed by atoms with E-state index in [2.05, 4.69) is 10.3 Å². The number of hydrogen-bond acceptors (Lipinski definition) is 5. The lowest BCUT2D eigenvalue weighted by molar-refractivity contribution is 0.520. The largest absolute Gasteiger partial charge is 0.370 e. The fourth-order valence-electron chi connectivity index (χ4n) is 1.49. The molecule has 0 saturated heterocycles. The molecule has 1 aromatic rings. The van der Waals surface area contributed by atoms with Crippen LogP contribution in [0.1, 0.15) is 19.8 Å². The van der Waals surface area contributed by atoms with Gasteiger partial charge < -0.3 is 11.1 Å². The van der Waals surface area contributed by atoms with Gasteiger partial charge in [-0.05, 0) is 31.9 Å². The Morgan fingerprint density at radius 3 is 2.58 bits per heavy atom. The summed E-state index contributed by atoms with van der Waals surface area (Å²) >= 11 is 0. The molecular weight excluding hydrogens is 264 g/mol. The average Bonchev–Trinajstić information content (AvgIpc) is 2.35. The summed E-state index contributed by atoms with van der Waals surface area (Å²) in [7, 11) is -0.413. The molecule has 7 heteroatoms. The standard InChI is InChI=1S/C12H22N4O2S/c1-10(13)5-4-8-14-12-7-6-11(9-15-12)19(17,18)16(2)3/h6-7,9-10H,4-5,8,13H2,1-3H3,(H,14,15). The van der Waals surface area contributed by atoms with Crippen LogP contribution in [0.2, 0.25) is 0 Å². The summed E-state index contributed by atoms with van der Waals surface area (Å²) in [6, 6.07) is 3.42. The van der Waals surface area contributed by atoms with Crippen molar-refractivity contribution in [3.63, 3.8) is 0 Å². The van der Waals surface area contributed by atoms with Crippen LogP contribution in [-0.4, -0.2) is 44.4 Å². The SMILES string of the molecule is CC(N)CCCNc1ccc(S(=O)(=O)N(C)C)cn1. The molecule has 1 heterocycles. The first-order chi connectivity index (χ1) is 8.84. The van der Waals surface area contributed by atoms with Crippen LogP contribution < -0.4 is 11.1 Å². The molecule has 0 aromatic carbocycles. The predicted molar refractivity (Wildman–Crippen MR) is 76.5 cm³/mol. The van der Waals surface area contributed by atoms with E-state index in [4.69, 9.17) is 5.73 Å². The second kappa shape index (κ2) is 6.83. The van der Waals surface area contributed by atoms with E-state index in [1.54, 1.807) is 12.1 Å². The first-order valence-corrected chi connectivity index (χ1v) is 7.66. The van der Waals surface area contributed by atoms with Gasteiger partial charge in [0, 0.05) is 32.9 Å². The fraction of sp³-hybridized carbons (Fsp3) is 0.583. The lowest BCUT2D eigenvalue weighted by Crippen LogP contribution is -2.22. The van der Waals surface area contributed by atoms with Crippen molar-refractivity contribution in [3.8, 4) is 0 Å². The quantitative estimate of drug-likeness (QED) is 0.726. The number of hydrogen-bond donors (Lipinski definition) is 2. The average molecular weight is 286 g/mol. The van der Waals surface area contributed by atoms with Crippen molar-refractivity contribution in [2.45, 2.75) is 30.7 Å². The van der Waals surface area contributed by atoms with Gasteiger partial charge in [-0.15, -0.1) is 0 Å². The van der Waals surface area contributed by atoms with Crippen molar-refractivity contribution >= 4 is 15.8 Å². The Morgan fingerprint density at radius 2 is 2.11 bits per heavy atom. The molecule has 19 heavy (non-hydrogen) atoms. The van der Waals surface area contributed by atoms with Gasteiger partial charge in [0.15, 0.2) is 0 Å². The fourth-order valence-corrected chi connectivity index (χ4v) is 2.34. The Bertz CT molecular complexity index is 483. The van der Waals surface area contributed by atoms with Crippen molar-refractivity contribution in [2.75, 3.05) is 26.0 Å². The number of nitrogens with one attached hydrogen (secondary N) is 1. The zero-order valence-electron chi connectivity index (χ0n) is 11.6. The highest BCUT2D eigenvalue weighted by atomic mass is 32.2. The number of anilines is 1. The molecule has 0 aliphatic heterocycles. The first kappa shape index (κ1) is 15.9. The predicted octanol–water partition coefficient (Wildman–Crippen LogP) is 0.871. The monoisotopic (exact) mass is 286 g/mol. The minimum absolute atomic E-state index is 0.193. The van der Waals surface area contributed by atoms with Crippen LogP contribution in [0.15, 0.2) is 23.2 Å². The second-order valence-corrected chi connectivity index (χ2v) is 6.86. The van der Waals surface area contributed by atoms with Gasteiger partial charge in [-0.1, -0.05) is 0 Å². The van der Waals surface area contributed by atoms with Gasteiger partial charge >= 0.3 is 0 Å². The summed E-state index contributed by atoms with van der Waals surface area (Å²) in [6.07, 6.45) is 3.26. The lowest BCUT2D eigenvalue weighted by Gasteiger charge is -2.11. The number of nitrogens with zero attached hydrogens (tertiary/aromatic N) is 2. The molecule has 1 aromatic heterocycles. The summed E-state index contributed by atoms with van der Waals surface area (Å²) in [5.74, 6) is 0.669. The third-order valence-electron chi connectivity index (χ3n) is 2.66. The summed E-state index contributed by atoms with van der Waals surface area (Å²) in [5.41, 5.74) is 5.65. The zero-order chi connectivity index (χ0) is 14.5. The van der Waals surface area contributed by atoms with E-state index in [0.29, 0.717) is 5.82 Å². The van der Waals surface area contributed by atoms with Crippen molar-refractivity contribution < 1.29 is 8.42 Å². The van der Waals surface area contributed by atoms with Crippen LogP contribution in [0.5, 0.6) is 0 Å². The molecule has 0 fully saturated rings.